The maximum Gasteiger partial charge on any atom is 0.124 e. The monoisotopic (exact) mass is 291 g/mol. The smallest absolute Gasteiger partial charge is 0.124 e. The molecule has 2 nitrogen and oxygen atoms in total. The van der Waals surface area contributed by atoms with Gasteiger partial charge in [0.05, 0.1) is 6.61 Å². The van der Waals surface area contributed by atoms with E-state index in [2.05, 4.69) is 35.8 Å². The summed E-state index contributed by atoms with van der Waals surface area (Å²) < 4.78 is 6.76. The van der Waals surface area contributed by atoms with Gasteiger partial charge in [-0.1, -0.05) is 15.9 Å². The average molecular weight is 293 g/mol. The van der Waals surface area contributed by atoms with Crippen molar-refractivity contribution in [3.05, 3.63) is 27.2 Å². The highest BCUT2D eigenvalue weighted by Gasteiger charge is 2.22. The topological polar surface area (TPSA) is 35.2 Å². The molecule has 1 heterocycles. The molecule has 1 aliphatic heterocycles. The SMILES string of the molecule is Cc1cc2c(c(C)c1Br)[C@@H](N)CCO2.Cl. The van der Waals surface area contributed by atoms with E-state index in [0.29, 0.717) is 0 Å². The summed E-state index contributed by atoms with van der Waals surface area (Å²) in [6.07, 6.45) is 0.906. The summed E-state index contributed by atoms with van der Waals surface area (Å²) in [4.78, 5) is 0. The zero-order valence-electron chi connectivity index (χ0n) is 8.84. The average Bonchev–Trinajstić information content (AvgIpc) is 2.14. The molecular weight excluding hydrogens is 277 g/mol. The molecule has 1 atom stereocenters. The Kier molecular flexibility index (Phi) is 4.04. The second-order valence-corrected chi connectivity index (χ2v) is 4.58. The van der Waals surface area contributed by atoms with Gasteiger partial charge in [0.2, 0.25) is 0 Å². The molecule has 0 amide bonds. The number of fused-ring (bicyclic) bond motifs is 1. The Morgan fingerprint density at radius 3 is 2.80 bits per heavy atom. The molecule has 0 aromatic heterocycles. The van der Waals surface area contributed by atoms with Crippen LogP contribution in [0.2, 0.25) is 0 Å². The van der Waals surface area contributed by atoms with Crippen molar-refractivity contribution in [2.75, 3.05) is 6.61 Å². The summed E-state index contributed by atoms with van der Waals surface area (Å²) >= 11 is 3.57. The molecule has 0 aliphatic carbocycles. The molecule has 0 saturated carbocycles. The second-order valence-electron chi connectivity index (χ2n) is 3.79. The largest absolute Gasteiger partial charge is 0.493 e. The Hall–Kier alpha value is -0.250. The Morgan fingerprint density at radius 1 is 1.47 bits per heavy atom. The highest BCUT2D eigenvalue weighted by molar-refractivity contribution is 9.10. The molecule has 0 fully saturated rings. The van der Waals surface area contributed by atoms with Crippen molar-refractivity contribution >= 4 is 28.3 Å². The molecule has 1 aliphatic rings. The molecule has 2 rings (SSSR count). The first-order valence-corrected chi connectivity index (χ1v) is 5.58. The van der Waals surface area contributed by atoms with Gasteiger partial charge < -0.3 is 10.5 Å². The molecule has 2 N–H and O–H groups in total. The van der Waals surface area contributed by atoms with Crippen molar-refractivity contribution in [1.82, 2.24) is 0 Å². The van der Waals surface area contributed by atoms with E-state index in [1.54, 1.807) is 0 Å². The van der Waals surface area contributed by atoms with E-state index in [1.807, 2.05) is 0 Å². The van der Waals surface area contributed by atoms with Crippen molar-refractivity contribution in [1.29, 1.82) is 0 Å². The summed E-state index contributed by atoms with van der Waals surface area (Å²) in [5.74, 6) is 0.960. The van der Waals surface area contributed by atoms with Crippen LogP contribution in [0.15, 0.2) is 10.5 Å². The third-order valence-electron chi connectivity index (χ3n) is 2.75. The van der Waals surface area contributed by atoms with Gasteiger partial charge in [-0.05, 0) is 31.0 Å². The quantitative estimate of drug-likeness (QED) is 0.796. The fraction of sp³-hybridized carbons (Fsp3) is 0.455. The molecule has 0 bridgehead atoms. The molecule has 84 valence electrons. The lowest BCUT2D eigenvalue weighted by Gasteiger charge is -2.26. The van der Waals surface area contributed by atoms with Crippen LogP contribution in [0.1, 0.15) is 29.2 Å². The maximum atomic E-state index is 6.07. The van der Waals surface area contributed by atoms with Crippen molar-refractivity contribution in [3.8, 4) is 5.75 Å². The van der Waals surface area contributed by atoms with Crippen molar-refractivity contribution in [3.63, 3.8) is 0 Å². The van der Waals surface area contributed by atoms with Crippen molar-refractivity contribution < 1.29 is 4.74 Å². The van der Waals surface area contributed by atoms with Crippen LogP contribution in [0.4, 0.5) is 0 Å². The molecular formula is C11H15BrClNO. The zero-order valence-corrected chi connectivity index (χ0v) is 11.2. The number of hydrogen-bond donors (Lipinski definition) is 1. The van der Waals surface area contributed by atoms with Crippen LogP contribution in [-0.4, -0.2) is 6.61 Å². The minimum Gasteiger partial charge on any atom is -0.493 e. The molecule has 1 aromatic carbocycles. The molecule has 1 aromatic rings. The van der Waals surface area contributed by atoms with Gasteiger partial charge in [0.25, 0.3) is 0 Å². The number of ether oxygens (including phenoxy) is 1. The summed E-state index contributed by atoms with van der Waals surface area (Å²) in [7, 11) is 0. The lowest BCUT2D eigenvalue weighted by atomic mass is 9.95. The second kappa shape index (κ2) is 4.73. The lowest BCUT2D eigenvalue weighted by Crippen LogP contribution is -2.22. The van der Waals surface area contributed by atoms with Crippen LogP contribution >= 0.6 is 28.3 Å². The summed E-state index contributed by atoms with van der Waals surface area (Å²) in [6.45, 7) is 4.89. The van der Waals surface area contributed by atoms with Crippen molar-refractivity contribution in [2.45, 2.75) is 26.3 Å². The Bertz CT molecular complexity index is 381. The van der Waals surface area contributed by atoms with E-state index in [1.165, 1.54) is 11.1 Å². The van der Waals surface area contributed by atoms with E-state index >= 15 is 0 Å². The molecule has 0 unspecified atom stereocenters. The highest BCUT2D eigenvalue weighted by atomic mass is 79.9. The Labute approximate surface area is 105 Å². The van der Waals surface area contributed by atoms with Gasteiger partial charge in [0.15, 0.2) is 0 Å². The van der Waals surface area contributed by atoms with Crippen LogP contribution in [0.5, 0.6) is 5.75 Å². The summed E-state index contributed by atoms with van der Waals surface area (Å²) in [5, 5.41) is 0. The van der Waals surface area contributed by atoms with Gasteiger partial charge >= 0.3 is 0 Å². The lowest BCUT2D eigenvalue weighted by molar-refractivity contribution is 0.268. The maximum absolute atomic E-state index is 6.07. The molecule has 0 spiro atoms. The first-order valence-electron chi connectivity index (χ1n) is 4.79. The molecule has 15 heavy (non-hydrogen) atoms. The fourth-order valence-corrected chi connectivity index (χ4v) is 2.29. The van der Waals surface area contributed by atoms with E-state index in [9.17, 15) is 0 Å². The van der Waals surface area contributed by atoms with Crippen LogP contribution < -0.4 is 10.5 Å². The van der Waals surface area contributed by atoms with Crippen molar-refractivity contribution in [2.24, 2.45) is 5.73 Å². The van der Waals surface area contributed by atoms with Gasteiger partial charge in [-0.3, -0.25) is 0 Å². The first-order chi connectivity index (χ1) is 6.61. The number of rotatable bonds is 0. The number of halogens is 2. The summed E-state index contributed by atoms with van der Waals surface area (Å²) in [5.41, 5.74) is 9.65. The number of aryl methyl sites for hydroxylation is 1. The highest BCUT2D eigenvalue weighted by Crippen LogP contribution is 2.38. The fourth-order valence-electron chi connectivity index (χ4n) is 1.96. The Balaban J connectivity index is 0.00000112. The normalized spacial score (nSPS) is 18.8. The van der Waals surface area contributed by atoms with Gasteiger partial charge in [-0.2, -0.15) is 0 Å². The van der Waals surface area contributed by atoms with Crippen LogP contribution in [-0.2, 0) is 0 Å². The summed E-state index contributed by atoms with van der Waals surface area (Å²) in [6, 6.07) is 2.18. The first kappa shape index (κ1) is 12.8. The van der Waals surface area contributed by atoms with Gasteiger partial charge in [0, 0.05) is 22.5 Å². The third kappa shape index (κ3) is 2.14. The molecule has 0 saturated heterocycles. The number of nitrogens with two attached hydrogens (primary N) is 1. The molecule has 4 heteroatoms. The van der Waals surface area contributed by atoms with Gasteiger partial charge in [-0.25, -0.2) is 0 Å². The predicted molar refractivity (Wildman–Crippen MR) is 67.9 cm³/mol. The van der Waals surface area contributed by atoms with Gasteiger partial charge in [-0.15, -0.1) is 12.4 Å². The molecule has 0 radical (unpaired) electrons. The van der Waals surface area contributed by atoms with Crippen LogP contribution in [0, 0.1) is 13.8 Å². The standard InChI is InChI=1S/C11H14BrNO.ClH/c1-6-5-9-10(7(2)11(6)12)8(13)3-4-14-9;/h5,8H,3-4,13H2,1-2H3;1H/t8-;/m0./s1. The van der Waals surface area contributed by atoms with Crippen LogP contribution in [0.25, 0.3) is 0 Å². The van der Waals surface area contributed by atoms with Crippen LogP contribution in [0.3, 0.4) is 0 Å². The Morgan fingerprint density at radius 2 is 2.13 bits per heavy atom. The van der Waals surface area contributed by atoms with E-state index < -0.39 is 0 Å². The van der Waals surface area contributed by atoms with E-state index in [4.69, 9.17) is 10.5 Å². The van der Waals surface area contributed by atoms with E-state index in [0.717, 1.165) is 28.8 Å². The minimum absolute atomic E-state index is 0. The van der Waals surface area contributed by atoms with Gasteiger partial charge in [0.1, 0.15) is 5.75 Å². The zero-order chi connectivity index (χ0) is 10.3. The van der Waals surface area contributed by atoms with E-state index in [-0.39, 0.29) is 18.4 Å². The third-order valence-corrected chi connectivity index (χ3v) is 3.97. The minimum atomic E-state index is 0. The predicted octanol–water partition coefficient (Wildman–Crippen LogP) is 3.27. The number of hydrogen-bond acceptors (Lipinski definition) is 2. The number of benzene rings is 1.